The summed E-state index contributed by atoms with van der Waals surface area (Å²) in [5, 5.41) is 0. The molecule has 3 saturated heterocycles. The van der Waals surface area contributed by atoms with Crippen molar-refractivity contribution in [2.45, 2.75) is 57.3 Å². The molecule has 0 unspecified atom stereocenters. The predicted octanol–water partition coefficient (Wildman–Crippen LogP) is 3.39. The molecular weight excluding hydrogens is 316 g/mol. The van der Waals surface area contributed by atoms with E-state index < -0.39 is 5.60 Å². The first-order chi connectivity index (χ1) is 11.9. The van der Waals surface area contributed by atoms with Crippen LogP contribution in [-0.4, -0.2) is 55.0 Å². The standard InChI is InChI=1S/C20H28N2O3/c1-20(2,3)25-19(23)22-10-15(11-22)14-4-6-16(7-5-14)21-12-17-8-9-18(13-21)24-17/h4-7,15,17-18H,8-13H2,1-3H3/t17-,18+. The Morgan fingerprint density at radius 3 is 2.20 bits per heavy atom. The molecule has 0 radical (unpaired) electrons. The molecule has 25 heavy (non-hydrogen) atoms. The van der Waals surface area contributed by atoms with Crippen molar-refractivity contribution in [3.05, 3.63) is 29.8 Å². The van der Waals surface area contributed by atoms with E-state index in [0.717, 1.165) is 26.2 Å². The largest absolute Gasteiger partial charge is 0.444 e. The van der Waals surface area contributed by atoms with Gasteiger partial charge in [-0.1, -0.05) is 12.1 Å². The summed E-state index contributed by atoms with van der Waals surface area (Å²) >= 11 is 0. The van der Waals surface area contributed by atoms with Gasteiger partial charge in [0.1, 0.15) is 5.60 Å². The Labute approximate surface area is 149 Å². The fourth-order valence-corrected chi connectivity index (χ4v) is 3.95. The molecule has 0 saturated carbocycles. The number of rotatable bonds is 2. The van der Waals surface area contributed by atoms with Crippen LogP contribution in [0.3, 0.4) is 0 Å². The molecule has 1 aromatic carbocycles. The van der Waals surface area contributed by atoms with E-state index in [0.29, 0.717) is 18.1 Å². The Morgan fingerprint density at radius 2 is 1.64 bits per heavy atom. The van der Waals surface area contributed by atoms with E-state index in [1.807, 2.05) is 20.8 Å². The molecule has 3 aliphatic rings. The third-order valence-electron chi connectivity index (χ3n) is 5.31. The number of amides is 1. The number of hydrogen-bond acceptors (Lipinski definition) is 4. The van der Waals surface area contributed by atoms with Gasteiger partial charge >= 0.3 is 6.09 Å². The zero-order chi connectivity index (χ0) is 17.6. The van der Waals surface area contributed by atoms with Crippen molar-refractivity contribution in [1.82, 2.24) is 4.90 Å². The third kappa shape index (κ3) is 3.61. The highest BCUT2D eigenvalue weighted by Gasteiger charge is 2.35. The first-order valence-corrected chi connectivity index (χ1v) is 9.36. The number of hydrogen-bond donors (Lipinski definition) is 0. The highest BCUT2D eigenvalue weighted by molar-refractivity contribution is 5.69. The molecule has 0 aliphatic carbocycles. The van der Waals surface area contributed by atoms with Crippen molar-refractivity contribution >= 4 is 11.8 Å². The molecule has 5 heteroatoms. The lowest BCUT2D eigenvalue weighted by molar-refractivity contribution is 0.00819. The Balaban J connectivity index is 1.32. The van der Waals surface area contributed by atoms with E-state index in [2.05, 4.69) is 29.2 Å². The Kier molecular flexibility index (Phi) is 4.14. The first kappa shape index (κ1) is 16.7. The zero-order valence-corrected chi connectivity index (χ0v) is 15.4. The molecule has 1 amide bonds. The summed E-state index contributed by atoms with van der Waals surface area (Å²) in [5.41, 5.74) is 2.16. The first-order valence-electron chi connectivity index (χ1n) is 9.36. The maximum atomic E-state index is 12.0. The van der Waals surface area contributed by atoms with Gasteiger partial charge in [-0.25, -0.2) is 4.79 Å². The normalized spacial score (nSPS) is 26.5. The molecule has 0 aromatic heterocycles. The second-order valence-electron chi connectivity index (χ2n) is 8.54. The number of benzene rings is 1. The van der Waals surface area contributed by atoms with Crippen LogP contribution in [0.2, 0.25) is 0 Å². The average molecular weight is 344 g/mol. The molecular formula is C20H28N2O3. The lowest BCUT2D eigenvalue weighted by Crippen LogP contribution is -2.50. The van der Waals surface area contributed by atoms with Crippen LogP contribution >= 0.6 is 0 Å². The van der Waals surface area contributed by atoms with Gasteiger partial charge < -0.3 is 19.3 Å². The molecule has 0 N–H and O–H groups in total. The van der Waals surface area contributed by atoms with E-state index in [1.54, 1.807) is 4.90 Å². The van der Waals surface area contributed by atoms with Crippen LogP contribution in [0.5, 0.6) is 0 Å². The molecule has 3 fully saturated rings. The maximum Gasteiger partial charge on any atom is 0.410 e. The Morgan fingerprint density at radius 1 is 1.04 bits per heavy atom. The number of morpholine rings is 1. The lowest BCUT2D eigenvalue weighted by atomic mass is 9.91. The van der Waals surface area contributed by atoms with Gasteiger partial charge in [-0.2, -0.15) is 0 Å². The van der Waals surface area contributed by atoms with Gasteiger partial charge in [0, 0.05) is 37.8 Å². The number of fused-ring (bicyclic) bond motifs is 2. The monoisotopic (exact) mass is 344 g/mol. The number of carbonyl (C=O) groups excluding carboxylic acids is 1. The summed E-state index contributed by atoms with van der Waals surface area (Å²) in [4.78, 5) is 16.3. The van der Waals surface area contributed by atoms with E-state index in [4.69, 9.17) is 9.47 Å². The SMILES string of the molecule is CC(C)(C)OC(=O)N1CC(c2ccc(N3C[C@H]4CC[C@@H](C3)O4)cc2)C1. The van der Waals surface area contributed by atoms with Gasteiger partial charge in [-0.15, -0.1) is 0 Å². The summed E-state index contributed by atoms with van der Waals surface area (Å²) in [5.74, 6) is 0.419. The minimum atomic E-state index is -0.429. The second-order valence-corrected chi connectivity index (χ2v) is 8.54. The predicted molar refractivity (Wildman–Crippen MR) is 97.1 cm³/mol. The van der Waals surface area contributed by atoms with Crippen LogP contribution in [0.4, 0.5) is 10.5 Å². The van der Waals surface area contributed by atoms with Crippen LogP contribution in [0.25, 0.3) is 0 Å². The van der Waals surface area contributed by atoms with Crippen molar-refractivity contribution in [2.24, 2.45) is 0 Å². The Bertz CT molecular complexity index is 619. The number of ether oxygens (including phenoxy) is 2. The number of anilines is 1. The van der Waals surface area contributed by atoms with Crippen LogP contribution < -0.4 is 4.90 Å². The summed E-state index contributed by atoms with van der Waals surface area (Å²) < 4.78 is 11.3. The molecule has 5 nitrogen and oxygen atoms in total. The highest BCUT2D eigenvalue weighted by Crippen LogP contribution is 2.32. The molecule has 1 aromatic rings. The van der Waals surface area contributed by atoms with E-state index in [1.165, 1.54) is 24.1 Å². The van der Waals surface area contributed by atoms with Crippen LogP contribution in [-0.2, 0) is 9.47 Å². The summed E-state index contributed by atoms with van der Waals surface area (Å²) in [6.07, 6.45) is 3.01. The zero-order valence-electron chi connectivity index (χ0n) is 15.4. The highest BCUT2D eigenvalue weighted by atomic mass is 16.6. The van der Waals surface area contributed by atoms with Crippen molar-refractivity contribution in [2.75, 3.05) is 31.1 Å². The quantitative estimate of drug-likeness (QED) is 0.825. The van der Waals surface area contributed by atoms with Crippen molar-refractivity contribution < 1.29 is 14.3 Å². The smallest absolute Gasteiger partial charge is 0.410 e. The van der Waals surface area contributed by atoms with E-state index in [9.17, 15) is 4.79 Å². The van der Waals surface area contributed by atoms with E-state index in [-0.39, 0.29) is 6.09 Å². The van der Waals surface area contributed by atoms with Crippen LogP contribution in [0, 0.1) is 0 Å². The molecule has 0 spiro atoms. The van der Waals surface area contributed by atoms with Gasteiger partial charge in [0.05, 0.1) is 12.2 Å². The van der Waals surface area contributed by atoms with Crippen molar-refractivity contribution in [3.8, 4) is 0 Å². The minimum absolute atomic E-state index is 0.204. The summed E-state index contributed by atoms with van der Waals surface area (Å²) in [6.45, 7) is 9.21. The molecule has 3 aliphatic heterocycles. The fourth-order valence-electron chi connectivity index (χ4n) is 3.95. The fraction of sp³-hybridized carbons (Fsp3) is 0.650. The van der Waals surface area contributed by atoms with Gasteiger partial charge in [-0.3, -0.25) is 0 Å². The topological polar surface area (TPSA) is 42.0 Å². The minimum Gasteiger partial charge on any atom is -0.444 e. The maximum absolute atomic E-state index is 12.0. The van der Waals surface area contributed by atoms with Gasteiger partial charge in [-0.05, 0) is 51.3 Å². The van der Waals surface area contributed by atoms with E-state index >= 15 is 0 Å². The van der Waals surface area contributed by atoms with Gasteiger partial charge in [0.25, 0.3) is 0 Å². The Hall–Kier alpha value is -1.75. The van der Waals surface area contributed by atoms with Crippen molar-refractivity contribution in [1.29, 1.82) is 0 Å². The average Bonchev–Trinajstić information content (AvgIpc) is 2.83. The molecule has 2 bridgehead atoms. The van der Waals surface area contributed by atoms with Crippen molar-refractivity contribution in [3.63, 3.8) is 0 Å². The molecule has 2 atom stereocenters. The van der Waals surface area contributed by atoms with Crippen LogP contribution in [0.15, 0.2) is 24.3 Å². The number of carbonyl (C=O) groups is 1. The molecule has 136 valence electrons. The number of nitrogens with zero attached hydrogens (tertiary/aromatic N) is 2. The lowest BCUT2D eigenvalue weighted by Gasteiger charge is -2.40. The summed E-state index contributed by atoms with van der Waals surface area (Å²) in [6, 6.07) is 8.86. The van der Waals surface area contributed by atoms with Crippen LogP contribution in [0.1, 0.15) is 45.1 Å². The summed E-state index contributed by atoms with van der Waals surface area (Å²) in [7, 11) is 0. The molecule has 3 heterocycles. The number of likely N-dealkylation sites (tertiary alicyclic amines) is 1. The van der Waals surface area contributed by atoms with Gasteiger partial charge in [0.15, 0.2) is 0 Å². The van der Waals surface area contributed by atoms with Gasteiger partial charge in [0.2, 0.25) is 0 Å². The molecule has 4 rings (SSSR count). The second kappa shape index (κ2) is 6.20. The third-order valence-corrected chi connectivity index (χ3v) is 5.31.